The third-order valence-corrected chi connectivity index (χ3v) is 2.83. The number of ether oxygens (including phenoxy) is 1. The van der Waals surface area contributed by atoms with Crippen molar-refractivity contribution in [2.45, 2.75) is 6.92 Å². The van der Waals surface area contributed by atoms with Crippen molar-refractivity contribution in [3.05, 3.63) is 11.8 Å². The average Bonchev–Trinajstić information content (AvgIpc) is 2.25. The average molecular weight is 253 g/mol. The van der Waals surface area contributed by atoms with Crippen LogP contribution in [0.2, 0.25) is 0 Å². The molecule has 1 amide bonds. The fourth-order valence-electron chi connectivity index (χ4n) is 0.731. The summed E-state index contributed by atoms with van der Waals surface area (Å²) in [6.45, 7) is 1.53. The number of hydrogen-bond donors (Lipinski definition) is 1. The zero-order valence-electron chi connectivity index (χ0n) is 9.68. The van der Waals surface area contributed by atoms with Gasteiger partial charge < -0.3 is 14.6 Å². The number of nitrogens with one attached hydrogen (secondary N) is 1. The molecule has 0 radical (unpaired) electrons. The highest BCUT2D eigenvalue weighted by molar-refractivity contribution is 7.48. The molecular weight excluding hydrogens is 237 g/mol. The lowest BCUT2D eigenvalue weighted by atomic mass is 10.4. The number of rotatable bonds is 7. The van der Waals surface area contributed by atoms with Crippen LogP contribution >= 0.6 is 7.82 Å². The first-order chi connectivity index (χ1) is 7.47. The monoisotopic (exact) mass is 253 g/mol. The number of phosphoric ester groups is 1. The van der Waals surface area contributed by atoms with Crippen LogP contribution in [0.3, 0.4) is 0 Å². The quantitative estimate of drug-likeness (QED) is 0.316. The third kappa shape index (κ3) is 5.87. The predicted molar refractivity (Wildman–Crippen MR) is 56.5 cm³/mol. The van der Waals surface area contributed by atoms with E-state index < -0.39 is 13.7 Å². The summed E-state index contributed by atoms with van der Waals surface area (Å²) in [5, 5.41) is 2.40. The molecule has 0 heterocycles. The molecule has 0 bridgehead atoms. The number of carbonyl (C=O) groups is 1. The summed E-state index contributed by atoms with van der Waals surface area (Å²) in [4.78, 5) is 11.2. The summed E-state index contributed by atoms with van der Waals surface area (Å²) >= 11 is 0. The van der Waals surface area contributed by atoms with E-state index >= 15 is 0 Å². The van der Waals surface area contributed by atoms with Gasteiger partial charge in [0, 0.05) is 27.4 Å². The van der Waals surface area contributed by atoms with Crippen molar-refractivity contribution < 1.29 is 27.7 Å². The molecule has 0 fully saturated rings. The van der Waals surface area contributed by atoms with Crippen molar-refractivity contribution in [1.82, 2.24) is 5.32 Å². The van der Waals surface area contributed by atoms with E-state index in [0.29, 0.717) is 0 Å². The third-order valence-electron chi connectivity index (χ3n) is 1.43. The molecule has 0 aromatic rings. The van der Waals surface area contributed by atoms with Crippen LogP contribution < -0.4 is 5.32 Å². The van der Waals surface area contributed by atoms with Gasteiger partial charge in [-0.1, -0.05) is 0 Å². The lowest BCUT2D eigenvalue weighted by Crippen LogP contribution is -2.23. The maximum Gasteiger partial charge on any atom is 0.529 e. The minimum Gasteiger partial charge on any atom is -0.409 e. The van der Waals surface area contributed by atoms with E-state index in [0.717, 1.165) is 6.08 Å². The lowest BCUT2D eigenvalue weighted by Gasteiger charge is -2.14. The first-order valence-corrected chi connectivity index (χ1v) is 5.79. The van der Waals surface area contributed by atoms with Crippen LogP contribution in [0.4, 0.5) is 0 Å². The van der Waals surface area contributed by atoms with Gasteiger partial charge in [-0.2, -0.15) is 0 Å². The molecule has 0 rings (SSSR count). The maximum atomic E-state index is 11.5. The van der Waals surface area contributed by atoms with Gasteiger partial charge in [-0.05, 0) is 6.92 Å². The molecule has 1 N–H and O–H groups in total. The molecular formula is C8H16NO6P. The van der Waals surface area contributed by atoms with Gasteiger partial charge in [-0.3, -0.25) is 13.8 Å². The highest BCUT2D eigenvalue weighted by Gasteiger charge is 2.24. The molecule has 0 atom stereocenters. The number of allylic oxidation sites excluding steroid dienone is 1. The van der Waals surface area contributed by atoms with Crippen LogP contribution in [0.5, 0.6) is 0 Å². The zero-order valence-corrected chi connectivity index (χ0v) is 10.6. The Morgan fingerprint density at radius 3 is 2.31 bits per heavy atom. The van der Waals surface area contributed by atoms with E-state index in [-0.39, 0.29) is 12.5 Å². The standard InChI is InChI=1S/C8H16NO6P/c1-7(5-8(10)9-6-12-2)15-16(11,13-3)14-4/h5H,6H2,1-4H3,(H,9,10)/b7-5-. The number of methoxy groups -OCH3 is 1. The number of phosphoric acid groups is 1. The molecule has 0 saturated carbocycles. The van der Waals surface area contributed by atoms with Gasteiger partial charge in [0.2, 0.25) is 5.91 Å². The Morgan fingerprint density at radius 1 is 1.31 bits per heavy atom. The Labute approximate surface area is 94.3 Å². The second kappa shape index (κ2) is 7.40. The van der Waals surface area contributed by atoms with E-state index in [9.17, 15) is 9.36 Å². The molecule has 0 aromatic carbocycles. The van der Waals surface area contributed by atoms with Crippen molar-refractivity contribution in [3.63, 3.8) is 0 Å². The first kappa shape index (κ1) is 15.1. The van der Waals surface area contributed by atoms with Crippen LogP contribution in [0.15, 0.2) is 11.8 Å². The van der Waals surface area contributed by atoms with Crippen LogP contribution in [0.1, 0.15) is 6.92 Å². The largest absolute Gasteiger partial charge is 0.529 e. The molecule has 0 aliphatic carbocycles. The Hall–Kier alpha value is -0.880. The topological polar surface area (TPSA) is 83.1 Å². The van der Waals surface area contributed by atoms with Gasteiger partial charge in [-0.15, -0.1) is 0 Å². The molecule has 0 aliphatic heterocycles. The fourth-order valence-corrected chi connectivity index (χ4v) is 1.43. The van der Waals surface area contributed by atoms with Gasteiger partial charge in [0.05, 0.1) is 0 Å². The minimum absolute atomic E-state index is 0.0782. The van der Waals surface area contributed by atoms with Crippen molar-refractivity contribution in [3.8, 4) is 0 Å². The Balaban J connectivity index is 4.33. The van der Waals surface area contributed by atoms with Crippen LogP contribution in [0.25, 0.3) is 0 Å². The molecule has 7 nitrogen and oxygen atoms in total. The van der Waals surface area contributed by atoms with Crippen LogP contribution in [0, 0.1) is 0 Å². The minimum atomic E-state index is -3.60. The molecule has 0 aromatic heterocycles. The molecule has 8 heteroatoms. The smallest absolute Gasteiger partial charge is 0.409 e. The molecule has 0 unspecified atom stereocenters. The van der Waals surface area contributed by atoms with E-state index in [1.807, 2.05) is 0 Å². The molecule has 0 saturated heterocycles. The molecule has 16 heavy (non-hydrogen) atoms. The molecule has 94 valence electrons. The van der Waals surface area contributed by atoms with Crippen molar-refractivity contribution in [2.24, 2.45) is 0 Å². The van der Waals surface area contributed by atoms with Crippen molar-refractivity contribution in [1.29, 1.82) is 0 Å². The van der Waals surface area contributed by atoms with Gasteiger partial charge in [-0.25, -0.2) is 4.57 Å². The maximum absolute atomic E-state index is 11.5. The normalized spacial score (nSPS) is 12.4. The highest BCUT2D eigenvalue weighted by atomic mass is 31.2. The summed E-state index contributed by atoms with van der Waals surface area (Å²) in [7, 11) is 0.209. The van der Waals surface area contributed by atoms with E-state index in [4.69, 9.17) is 4.52 Å². The summed E-state index contributed by atoms with van der Waals surface area (Å²) in [6, 6.07) is 0. The highest BCUT2D eigenvalue weighted by Crippen LogP contribution is 2.49. The Kier molecular flexibility index (Phi) is 7.00. The van der Waals surface area contributed by atoms with Crippen LogP contribution in [-0.2, 0) is 27.7 Å². The fraction of sp³-hybridized carbons (Fsp3) is 0.625. The SMILES string of the molecule is COCNC(=O)/C=C(/C)OP(=O)(OC)OC. The summed E-state index contributed by atoms with van der Waals surface area (Å²) < 4.78 is 30.0. The van der Waals surface area contributed by atoms with Gasteiger partial charge >= 0.3 is 7.82 Å². The second-order valence-corrected chi connectivity index (χ2v) is 4.44. The summed E-state index contributed by atoms with van der Waals surface area (Å²) in [5.41, 5.74) is 0. The van der Waals surface area contributed by atoms with Crippen molar-refractivity contribution >= 4 is 13.7 Å². The van der Waals surface area contributed by atoms with Gasteiger partial charge in [0.1, 0.15) is 12.5 Å². The molecule has 0 aliphatic rings. The second-order valence-electron chi connectivity index (χ2n) is 2.63. The predicted octanol–water partition coefficient (Wildman–Crippen LogP) is 1.03. The zero-order chi connectivity index (χ0) is 12.6. The van der Waals surface area contributed by atoms with E-state index in [1.165, 1.54) is 28.3 Å². The van der Waals surface area contributed by atoms with Gasteiger partial charge in [0.25, 0.3) is 0 Å². The number of carbonyl (C=O) groups excluding carboxylic acids is 1. The van der Waals surface area contributed by atoms with Crippen LogP contribution in [-0.4, -0.2) is 34.0 Å². The summed E-state index contributed by atoms with van der Waals surface area (Å²) in [6.07, 6.45) is 1.11. The molecule has 0 spiro atoms. The van der Waals surface area contributed by atoms with E-state index in [1.54, 1.807) is 0 Å². The number of amides is 1. The van der Waals surface area contributed by atoms with Crippen molar-refractivity contribution in [2.75, 3.05) is 28.1 Å². The summed E-state index contributed by atoms with van der Waals surface area (Å²) in [5.74, 6) is -0.321. The van der Waals surface area contributed by atoms with E-state index in [2.05, 4.69) is 19.1 Å². The van der Waals surface area contributed by atoms with Gasteiger partial charge in [0.15, 0.2) is 0 Å². The lowest BCUT2D eigenvalue weighted by molar-refractivity contribution is -0.118. The Morgan fingerprint density at radius 2 is 1.88 bits per heavy atom. The Bertz CT molecular complexity index is 295. The number of hydrogen-bond acceptors (Lipinski definition) is 6. The first-order valence-electron chi connectivity index (χ1n) is 4.33.